The number of halogens is 2. The van der Waals surface area contributed by atoms with E-state index in [9.17, 15) is 4.79 Å². The number of hydrogen-bond acceptors (Lipinski definition) is 2. The molecule has 0 saturated heterocycles. The van der Waals surface area contributed by atoms with Crippen molar-refractivity contribution in [3.05, 3.63) is 34.7 Å². The molecule has 0 radical (unpaired) electrons. The Hall–Kier alpha value is -0.930. The highest BCUT2D eigenvalue weighted by Crippen LogP contribution is 2.59. The molecule has 0 spiro atoms. The lowest BCUT2D eigenvalue weighted by atomic mass is 10.1. The van der Waals surface area contributed by atoms with Crippen molar-refractivity contribution < 1.29 is 9.21 Å². The van der Waals surface area contributed by atoms with Gasteiger partial charge in [0.15, 0.2) is 0 Å². The van der Waals surface area contributed by atoms with Crippen molar-refractivity contribution in [3.8, 4) is 0 Å². The van der Waals surface area contributed by atoms with E-state index in [1.165, 1.54) is 0 Å². The van der Waals surface area contributed by atoms with E-state index in [4.69, 9.17) is 27.6 Å². The molecule has 98 valence electrons. The largest absolute Gasteiger partial charge is 0.467 e. The minimum absolute atomic E-state index is 0.00670. The molecule has 18 heavy (non-hydrogen) atoms. The van der Waals surface area contributed by atoms with Crippen molar-refractivity contribution in [2.24, 2.45) is 17.3 Å². The Morgan fingerprint density at radius 1 is 1.56 bits per heavy atom. The molecular formula is C13H15Cl2NO2. The molecule has 1 aromatic rings. The third kappa shape index (κ3) is 2.73. The maximum absolute atomic E-state index is 12.0. The van der Waals surface area contributed by atoms with Crippen molar-refractivity contribution in [1.82, 2.24) is 5.32 Å². The molecule has 0 aromatic carbocycles. The summed E-state index contributed by atoms with van der Waals surface area (Å²) in [5.74, 6) is 0.760. The molecule has 1 heterocycles. The first-order valence-corrected chi connectivity index (χ1v) is 6.51. The Morgan fingerprint density at radius 2 is 2.28 bits per heavy atom. The van der Waals surface area contributed by atoms with Gasteiger partial charge in [-0.1, -0.05) is 37.0 Å². The maximum Gasteiger partial charge on any atom is 0.224 e. The van der Waals surface area contributed by atoms with Crippen LogP contribution in [0.4, 0.5) is 0 Å². The molecule has 2 rings (SSSR count). The second kappa shape index (κ2) is 4.98. The third-order valence-corrected chi connectivity index (χ3v) is 3.77. The van der Waals surface area contributed by atoms with E-state index in [1.807, 2.05) is 19.9 Å². The van der Waals surface area contributed by atoms with Crippen molar-refractivity contribution in [2.45, 2.75) is 20.4 Å². The lowest BCUT2D eigenvalue weighted by Gasteiger charge is -2.04. The molecule has 1 aliphatic carbocycles. The first-order chi connectivity index (χ1) is 8.43. The van der Waals surface area contributed by atoms with Crippen LogP contribution in [0.15, 0.2) is 33.4 Å². The van der Waals surface area contributed by atoms with E-state index < -0.39 is 0 Å². The molecule has 1 fully saturated rings. The third-order valence-electron chi connectivity index (χ3n) is 3.52. The highest BCUT2D eigenvalue weighted by Gasteiger charge is 2.60. The second-order valence-electron chi connectivity index (χ2n) is 5.08. The van der Waals surface area contributed by atoms with Gasteiger partial charge in [-0.15, -0.1) is 0 Å². The van der Waals surface area contributed by atoms with Crippen LogP contribution in [0.1, 0.15) is 19.6 Å². The van der Waals surface area contributed by atoms with Gasteiger partial charge in [0.05, 0.1) is 18.7 Å². The first kappa shape index (κ1) is 13.5. The molecule has 3 nitrogen and oxygen atoms in total. The van der Waals surface area contributed by atoms with Crippen molar-refractivity contribution in [3.63, 3.8) is 0 Å². The number of carbonyl (C=O) groups is 1. The Kier molecular flexibility index (Phi) is 3.74. The Morgan fingerprint density at radius 3 is 2.83 bits per heavy atom. The van der Waals surface area contributed by atoms with Crippen LogP contribution in [0.2, 0.25) is 0 Å². The van der Waals surface area contributed by atoms with Gasteiger partial charge in [-0.25, -0.2) is 0 Å². The van der Waals surface area contributed by atoms with Crippen molar-refractivity contribution >= 4 is 29.1 Å². The van der Waals surface area contributed by atoms with Gasteiger partial charge in [0.2, 0.25) is 5.91 Å². The van der Waals surface area contributed by atoms with Crippen LogP contribution < -0.4 is 5.32 Å². The summed E-state index contributed by atoms with van der Waals surface area (Å²) in [6, 6.07) is 3.62. The van der Waals surface area contributed by atoms with Gasteiger partial charge in [0.25, 0.3) is 0 Å². The normalized spacial score (nSPS) is 24.4. The van der Waals surface area contributed by atoms with Crippen LogP contribution in [0, 0.1) is 17.3 Å². The number of nitrogens with one attached hydrogen (secondary N) is 1. The van der Waals surface area contributed by atoms with Gasteiger partial charge < -0.3 is 9.73 Å². The molecule has 5 heteroatoms. The monoisotopic (exact) mass is 287 g/mol. The molecule has 0 unspecified atom stereocenters. The minimum atomic E-state index is -0.0950. The van der Waals surface area contributed by atoms with Crippen LogP contribution in [0.5, 0.6) is 0 Å². The Balaban J connectivity index is 1.92. The topological polar surface area (TPSA) is 42.2 Å². The fourth-order valence-corrected chi connectivity index (χ4v) is 2.59. The number of rotatable bonds is 4. The Bertz CT molecular complexity index is 461. The molecule has 1 amide bonds. The van der Waals surface area contributed by atoms with E-state index in [0.29, 0.717) is 6.54 Å². The van der Waals surface area contributed by atoms with Gasteiger partial charge >= 0.3 is 0 Å². The van der Waals surface area contributed by atoms with Crippen LogP contribution in [-0.2, 0) is 11.3 Å². The molecule has 0 bridgehead atoms. The highest BCUT2D eigenvalue weighted by atomic mass is 35.5. The predicted octanol–water partition coefficient (Wildman–Crippen LogP) is 3.49. The fraction of sp³-hybridized carbons (Fsp3) is 0.462. The quantitative estimate of drug-likeness (QED) is 0.921. The Labute approximate surface area is 116 Å². The summed E-state index contributed by atoms with van der Waals surface area (Å²) in [7, 11) is 0. The van der Waals surface area contributed by atoms with Gasteiger partial charge in [0, 0.05) is 0 Å². The molecule has 1 aliphatic rings. The molecule has 2 atom stereocenters. The van der Waals surface area contributed by atoms with E-state index >= 15 is 0 Å². The maximum atomic E-state index is 12.0. The zero-order valence-electron chi connectivity index (χ0n) is 10.2. The van der Waals surface area contributed by atoms with Crippen LogP contribution in [0.3, 0.4) is 0 Å². The van der Waals surface area contributed by atoms with Crippen LogP contribution in [0.25, 0.3) is 0 Å². The summed E-state index contributed by atoms with van der Waals surface area (Å²) in [5.41, 5.74) is -0.0950. The van der Waals surface area contributed by atoms with E-state index in [1.54, 1.807) is 18.4 Å². The van der Waals surface area contributed by atoms with Gasteiger partial charge in [-0.3, -0.25) is 4.79 Å². The molecule has 1 N–H and O–H groups in total. The molecular weight excluding hydrogens is 273 g/mol. The second-order valence-corrected chi connectivity index (χ2v) is 6.09. The summed E-state index contributed by atoms with van der Waals surface area (Å²) in [4.78, 5) is 12.0. The molecule has 1 aromatic heterocycles. The van der Waals surface area contributed by atoms with Crippen molar-refractivity contribution in [2.75, 3.05) is 0 Å². The number of allylic oxidation sites excluding steroid dienone is 1. The summed E-state index contributed by atoms with van der Waals surface area (Å²) in [5, 5.41) is 2.86. The fourth-order valence-electron chi connectivity index (χ4n) is 2.32. The van der Waals surface area contributed by atoms with Gasteiger partial charge in [-0.05, 0) is 29.5 Å². The summed E-state index contributed by atoms with van der Waals surface area (Å²) < 4.78 is 5.38. The number of carbonyl (C=O) groups excluding carboxylic acids is 1. The summed E-state index contributed by atoms with van der Waals surface area (Å²) >= 11 is 11.3. The molecule has 0 aliphatic heterocycles. The average molecular weight is 288 g/mol. The summed E-state index contributed by atoms with van der Waals surface area (Å²) in [6.45, 7) is 4.47. The van der Waals surface area contributed by atoms with E-state index in [2.05, 4.69) is 5.32 Å². The van der Waals surface area contributed by atoms with Gasteiger partial charge in [-0.2, -0.15) is 0 Å². The SMILES string of the molecule is CC1(C)[C@H](C(=O)NCc2ccco2)[C@@H]1C=C(Cl)Cl. The van der Waals surface area contributed by atoms with Gasteiger partial charge in [0.1, 0.15) is 10.3 Å². The number of amides is 1. The number of hydrogen-bond donors (Lipinski definition) is 1. The van der Waals surface area contributed by atoms with E-state index in [0.717, 1.165) is 5.76 Å². The molecule has 1 saturated carbocycles. The van der Waals surface area contributed by atoms with Crippen LogP contribution in [-0.4, -0.2) is 5.91 Å². The first-order valence-electron chi connectivity index (χ1n) is 5.76. The standard InChI is InChI=1S/C13H15Cl2NO2/c1-13(2)9(6-10(14)15)11(13)12(17)16-7-8-4-3-5-18-8/h3-6,9,11H,7H2,1-2H3,(H,16,17)/t9-,11-/m0/s1. The zero-order chi connectivity index (χ0) is 13.3. The highest BCUT2D eigenvalue weighted by molar-refractivity contribution is 6.55. The lowest BCUT2D eigenvalue weighted by molar-refractivity contribution is -0.123. The predicted molar refractivity (Wildman–Crippen MR) is 71.1 cm³/mol. The van der Waals surface area contributed by atoms with Crippen LogP contribution >= 0.6 is 23.2 Å². The smallest absolute Gasteiger partial charge is 0.224 e. The average Bonchev–Trinajstić information content (AvgIpc) is 2.70. The lowest BCUT2D eigenvalue weighted by Crippen LogP contribution is -2.26. The minimum Gasteiger partial charge on any atom is -0.467 e. The number of furan rings is 1. The summed E-state index contributed by atoms with van der Waals surface area (Å²) in [6.07, 6.45) is 3.32. The zero-order valence-corrected chi connectivity index (χ0v) is 11.8. The van der Waals surface area contributed by atoms with Crippen molar-refractivity contribution in [1.29, 1.82) is 0 Å². The van der Waals surface area contributed by atoms with E-state index in [-0.39, 0.29) is 27.6 Å².